The molecule has 1 atom stereocenters. The van der Waals surface area contributed by atoms with Crippen LogP contribution in [-0.2, 0) is 11.3 Å². The number of benzene rings is 1. The quantitative estimate of drug-likeness (QED) is 0.730. The molecular formula is C19H22N2O3S. The SMILES string of the molecule is COc1ccccc1COCC(O)CSc1nc(C)cc(C)c1C#N. The van der Waals surface area contributed by atoms with Crippen molar-refractivity contribution in [2.24, 2.45) is 0 Å². The number of para-hydroxylation sites is 1. The van der Waals surface area contributed by atoms with Gasteiger partial charge in [-0.05, 0) is 31.5 Å². The zero-order valence-corrected chi connectivity index (χ0v) is 15.5. The maximum atomic E-state index is 10.1. The normalized spacial score (nSPS) is 11.8. The molecule has 0 bridgehead atoms. The molecule has 1 unspecified atom stereocenters. The van der Waals surface area contributed by atoms with Crippen LogP contribution in [0.4, 0.5) is 0 Å². The van der Waals surface area contributed by atoms with Crippen LogP contribution in [-0.4, -0.2) is 35.7 Å². The van der Waals surface area contributed by atoms with Gasteiger partial charge >= 0.3 is 0 Å². The number of ether oxygens (including phenoxy) is 2. The summed E-state index contributed by atoms with van der Waals surface area (Å²) in [5.74, 6) is 1.18. The lowest BCUT2D eigenvalue weighted by molar-refractivity contribution is 0.0390. The van der Waals surface area contributed by atoms with Crippen LogP contribution in [0.5, 0.6) is 5.75 Å². The lowest BCUT2D eigenvalue weighted by Gasteiger charge is -2.13. The fraction of sp³-hybridized carbons (Fsp3) is 0.368. The molecule has 0 aliphatic heterocycles. The number of hydrogen-bond acceptors (Lipinski definition) is 6. The third-order valence-electron chi connectivity index (χ3n) is 3.60. The van der Waals surface area contributed by atoms with Gasteiger partial charge in [0.15, 0.2) is 0 Å². The molecule has 6 heteroatoms. The number of nitriles is 1. The Bertz CT molecular complexity index is 759. The van der Waals surface area contributed by atoms with E-state index in [1.807, 2.05) is 44.2 Å². The van der Waals surface area contributed by atoms with E-state index in [0.717, 1.165) is 22.6 Å². The number of rotatable bonds is 8. The Kier molecular flexibility index (Phi) is 7.26. The zero-order valence-electron chi connectivity index (χ0n) is 14.7. The third kappa shape index (κ3) is 5.46. The highest BCUT2D eigenvalue weighted by Gasteiger charge is 2.12. The van der Waals surface area contributed by atoms with E-state index in [9.17, 15) is 10.4 Å². The van der Waals surface area contributed by atoms with Crippen molar-refractivity contribution < 1.29 is 14.6 Å². The van der Waals surface area contributed by atoms with Crippen LogP contribution < -0.4 is 4.74 Å². The van der Waals surface area contributed by atoms with Crippen molar-refractivity contribution >= 4 is 11.8 Å². The van der Waals surface area contributed by atoms with Gasteiger partial charge < -0.3 is 14.6 Å². The van der Waals surface area contributed by atoms with Gasteiger partial charge in [0.2, 0.25) is 0 Å². The summed E-state index contributed by atoms with van der Waals surface area (Å²) >= 11 is 1.37. The lowest BCUT2D eigenvalue weighted by Crippen LogP contribution is -2.18. The molecule has 1 aromatic carbocycles. The Balaban J connectivity index is 1.85. The summed E-state index contributed by atoms with van der Waals surface area (Å²) in [7, 11) is 1.62. The molecule has 25 heavy (non-hydrogen) atoms. The van der Waals surface area contributed by atoms with Crippen LogP contribution in [0.2, 0.25) is 0 Å². The number of nitrogens with zero attached hydrogens (tertiary/aromatic N) is 2. The van der Waals surface area contributed by atoms with Gasteiger partial charge in [0.25, 0.3) is 0 Å². The Labute approximate surface area is 152 Å². The zero-order chi connectivity index (χ0) is 18.2. The van der Waals surface area contributed by atoms with Gasteiger partial charge in [-0.15, -0.1) is 11.8 Å². The second-order valence-corrected chi connectivity index (χ2v) is 6.67. The molecule has 0 saturated carbocycles. The van der Waals surface area contributed by atoms with E-state index in [-0.39, 0.29) is 6.61 Å². The molecule has 0 saturated heterocycles. The smallest absolute Gasteiger partial charge is 0.124 e. The summed E-state index contributed by atoms with van der Waals surface area (Å²) in [6, 6.07) is 11.7. The molecule has 0 aliphatic carbocycles. The summed E-state index contributed by atoms with van der Waals surface area (Å²) in [5, 5.41) is 20.1. The van der Waals surface area contributed by atoms with E-state index in [2.05, 4.69) is 11.1 Å². The molecule has 0 aliphatic rings. The van der Waals surface area contributed by atoms with Crippen molar-refractivity contribution in [3.8, 4) is 11.8 Å². The second kappa shape index (κ2) is 9.42. The van der Waals surface area contributed by atoms with E-state index in [4.69, 9.17) is 9.47 Å². The minimum atomic E-state index is -0.645. The minimum absolute atomic E-state index is 0.206. The molecule has 0 radical (unpaired) electrons. The number of aromatic nitrogens is 1. The lowest BCUT2D eigenvalue weighted by atomic mass is 10.1. The van der Waals surface area contributed by atoms with E-state index in [1.165, 1.54) is 11.8 Å². The summed E-state index contributed by atoms with van der Waals surface area (Å²) < 4.78 is 10.9. The summed E-state index contributed by atoms with van der Waals surface area (Å²) in [6.07, 6.45) is -0.645. The monoisotopic (exact) mass is 358 g/mol. The Morgan fingerprint density at radius 1 is 1.32 bits per heavy atom. The second-order valence-electron chi connectivity index (χ2n) is 5.66. The number of aliphatic hydroxyl groups is 1. The van der Waals surface area contributed by atoms with Crippen molar-refractivity contribution in [2.75, 3.05) is 19.5 Å². The van der Waals surface area contributed by atoms with Crippen LogP contribution in [0, 0.1) is 25.2 Å². The van der Waals surface area contributed by atoms with Crippen molar-refractivity contribution in [1.82, 2.24) is 4.98 Å². The van der Waals surface area contributed by atoms with Gasteiger partial charge in [-0.25, -0.2) is 4.98 Å². The Morgan fingerprint density at radius 3 is 2.80 bits per heavy atom. The number of pyridine rings is 1. The van der Waals surface area contributed by atoms with E-state index < -0.39 is 6.10 Å². The molecule has 1 heterocycles. The molecule has 1 aromatic heterocycles. The standard InChI is InChI=1S/C19H22N2O3S/c1-13-8-14(2)21-19(17(13)9-20)25-12-16(22)11-24-10-15-6-4-5-7-18(15)23-3/h4-8,16,22H,10-12H2,1-3H3. The average molecular weight is 358 g/mol. The summed E-state index contributed by atoms with van der Waals surface area (Å²) in [5.41, 5.74) is 3.27. The molecule has 0 amide bonds. The first-order valence-electron chi connectivity index (χ1n) is 7.94. The van der Waals surface area contributed by atoms with Crippen LogP contribution in [0.15, 0.2) is 35.4 Å². The molecular weight excluding hydrogens is 336 g/mol. The topological polar surface area (TPSA) is 75.4 Å². The molecule has 0 spiro atoms. The third-order valence-corrected chi connectivity index (χ3v) is 4.72. The molecule has 0 fully saturated rings. The van der Waals surface area contributed by atoms with Gasteiger partial charge in [0.05, 0.1) is 32.0 Å². The van der Waals surface area contributed by atoms with Gasteiger partial charge in [0.1, 0.15) is 16.8 Å². The fourth-order valence-electron chi connectivity index (χ4n) is 2.39. The fourth-order valence-corrected chi connectivity index (χ4v) is 3.40. The first-order valence-corrected chi connectivity index (χ1v) is 8.92. The molecule has 132 valence electrons. The van der Waals surface area contributed by atoms with Crippen molar-refractivity contribution in [3.05, 3.63) is 52.7 Å². The Hall–Kier alpha value is -2.07. The van der Waals surface area contributed by atoms with Gasteiger partial charge in [-0.3, -0.25) is 0 Å². The maximum Gasteiger partial charge on any atom is 0.124 e. The number of aryl methyl sites for hydroxylation is 2. The molecule has 2 aromatic rings. The molecule has 1 N–H and O–H groups in total. The first-order chi connectivity index (χ1) is 12.0. The van der Waals surface area contributed by atoms with Gasteiger partial charge in [0, 0.05) is 17.0 Å². The van der Waals surface area contributed by atoms with Crippen molar-refractivity contribution in [1.29, 1.82) is 5.26 Å². The number of hydrogen-bond donors (Lipinski definition) is 1. The maximum absolute atomic E-state index is 10.1. The predicted molar refractivity (Wildman–Crippen MR) is 97.8 cm³/mol. The Morgan fingerprint density at radius 2 is 2.08 bits per heavy atom. The van der Waals surface area contributed by atoms with Gasteiger partial charge in [-0.2, -0.15) is 5.26 Å². The minimum Gasteiger partial charge on any atom is -0.496 e. The van der Waals surface area contributed by atoms with E-state index >= 15 is 0 Å². The van der Waals surface area contributed by atoms with Crippen LogP contribution in [0.3, 0.4) is 0 Å². The number of aliphatic hydroxyl groups excluding tert-OH is 1. The first kappa shape index (κ1) is 19.3. The highest BCUT2D eigenvalue weighted by Crippen LogP contribution is 2.24. The van der Waals surface area contributed by atoms with Crippen LogP contribution in [0.1, 0.15) is 22.4 Å². The largest absolute Gasteiger partial charge is 0.496 e. The molecule has 2 rings (SSSR count). The number of thioether (sulfide) groups is 1. The summed E-state index contributed by atoms with van der Waals surface area (Å²) in [6.45, 7) is 4.36. The highest BCUT2D eigenvalue weighted by atomic mass is 32.2. The van der Waals surface area contributed by atoms with E-state index in [1.54, 1.807) is 7.11 Å². The molecule has 5 nitrogen and oxygen atoms in total. The van der Waals surface area contributed by atoms with Crippen molar-refractivity contribution in [3.63, 3.8) is 0 Å². The average Bonchev–Trinajstić information content (AvgIpc) is 2.60. The number of methoxy groups -OCH3 is 1. The predicted octanol–water partition coefficient (Wildman–Crippen LogP) is 3.25. The van der Waals surface area contributed by atoms with E-state index in [0.29, 0.717) is 22.9 Å². The summed E-state index contributed by atoms with van der Waals surface area (Å²) in [4.78, 5) is 4.40. The van der Waals surface area contributed by atoms with Gasteiger partial charge in [-0.1, -0.05) is 18.2 Å². The van der Waals surface area contributed by atoms with Crippen molar-refractivity contribution in [2.45, 2.75) is 31.6 Å². The van der Waals surface area contributed by atoms with Crippen LogP contribution >= 0.6 is 11.8 Å². The highest BCUT2D eigenvalue weighted by molar-refractivity contribution is 7.99. The van der Waals surface area contributed by atoms with Crippen LogP contribution in [0.25, 0.3) is 0 Å².